The molecule has 1 rings (SSSR count). The average Bonchev–Trinajstić information content (AvgIpc) is 2.14. The largest absolute Gasteiger partial charge is 0.389 e. The fraction of sp³-hybridized carbons (Fsp3) is 0.538. The van der Waals surface area contributed by atoms with Gasteiger partial charge in [-0.3, -0.25) is 0 Å². The maximum atomic E-state index is 9.79. The van der Waals surface area contributed by atoms with Crippen LogP contribution in [0.4, 0.5) is 5.69 Å². The van der Waals surface area contributed by atoms with Gasteiger partial charge in [0.25, 0.3) is 0 Å². The van der Waals surface area contributed by atoms with Crippen LogP contribution in [0.2, 0.25) is 0 Å². The lowest BCUT2D eigenvalue weighted by Crippen LogP contribution is -2.36. The maximum absolute atomic E-state index is 9.79. The first-order chi connectivity index (χ1) is 7.70. The van der Waals surface area contributed by atoms with Crippen LogP contribution in [0.25, 0.3) is 0 Å². The highest BCUT2D eigenvalue weighted by molar-refractivity contribution is 9.10. The quantitative estimate of drug-likeness (QED) is 0.899. The van der Waals surface area contributed by atoms with Gasteiger partial charge in [0.05, 0.1) is 5.60 Å². The highest BCUT2D eigenvalue weighted by Gasteiger charge is 2.16. The van der Waals surface area contributed by atoms with Gasteiger partial charge in [0.2, 0.25) is 0 Å². The van der Waals surface area contributed by atoms with Crippen LogP contribution in [0, 0.1) is 0 Å². The molecule has 1 aromatic rings. The zero-order valence-corrected chi connectivity index (χ0v) is 12.5. The molecule has 0 saturated heterocycles. The fourth-order valence-electron chi connectivity index (χ4n) is 1.79. The second kappa shape index (κ2) is 5.38. The molecule has 17 heavy (non-hydrogen) atoms. The molecule has 0 aliphatic rings. The third kappa shape index (κ3) is 4.30. The van der Waals surface area contributed by atoms with Crippen molar-refractivity contribution in [3.8, 4) is 0 Å². The zero-order chi connectivity index (χ0) is 13.2. The second-order valence-corrected chi connectivity index (χ2v) is 6.02. The zero-order valence-electron chi connectivity index (χ0n) is 10.9. The molecule has 1 aromatic carbocycles. The average molecular weight is 301 g/mol. The smallest absolute Gasteiger partial charge is 0.0765 e. The number of nitrogens with two attached hydrogens (primary N) is 1. The Morgan fingerprint density at radius 3 is 2.47 bits per heavy atom. The normalized spacial score (nSPS) is 13.6. The molecule has 3 N–H and O–H groups in total. The van der Waals surface area contributed by atoms with Gasteiger partial charge in [-0.1, -0.05) is 22.0 Å². The van der Waals surface area contributed by atoms with Crippen LogP contribution >= 0.6 is 15.9 Å². The summed E-state index contributed by atoms with van der Waals surface area (Å²) >= 11 is 3.53. The highest BCUT2D eigenvalue weighted by atomic mass is 79.9. The lowest BCUT2D eigenvalue weighted by molar-refractivity contribution is 0.0886. The molecule has 96 valence electrons. The van der Waals surface area contributed by atoms with Crippen LogP contribution in [0.5, 0.6) is 0 Å². The van der Waals surface area contributed by atoms with E-state index in [0.717, 1.165) is 15.7 Å². The monoisotopic (exact) mass is 300 g/mol. The van der Waals surface area contributed by atoms with E-state index < -0.39 is 5.60 Å². The Kier molecular flexibility index (Phi) is 4.58. The molecule has 4 heteroatoms. The van der Waals surface area contributed by atoms with Crippen molar-refractivity contribution < 1.29 is 5.11 Å². The van der Waals surface area contributed by atoms with Crippen molar-refractivity contribution in [2.24, 2.45) is 5.73 Å². The number of nitrogens with zero attached hydrogens (tertiary/aromatic N) is 1. The third-order valence-electron chi connectivity index (χ3n) is 2.54. The van der Waals surface area contributed by atoms with Gasteiger partial charge in [-0.05, 0) is 38.5 Å². The number of halogens is 1. The molecule has 3 nitrogen and oxygen atoms in total. The SMILES string of the molecule is C[C@@H](N)c1ccc(N(C)CC(C)(C)O)cc1Br. The van der Waals surface area contributed by atoms with Crippen molar-refractivity contribution in [1.29, 1.82) is 0 Å². The first-order valence-corrected chi connectivity index (χ1v) is 6.48. The molecule has 0 aliphatic carbocycles. The predicted molar refractivity (Wildman–Crippen MR) is 76.3 cm³/mol. The number of likely N-dealkylation sites (N-methyl/N-ethyl adjacent to an activating group) is 1. The highest BCUT2D eigenvalue weighted by Crippen LogP contribution is 2.27. The third-order valence-corrected chi connectivity index (χ3v) is 3.23. The predicted octanol–water partition coefficient (Wildman–Crippen LogP) is 2.68. The number of benzene rings is 1. The van der Waals surface area contributed by atoms with E-state index in [1.807, 2.05) is 37.1 Å². The van der Waals surface area contributed by atoms with Gasteiger partial charge in [-0.15, -0.1) is 0 Å². The van der Waals surface area contributed by atoms with Gasteiger partial charge in [0.15, 0.2) is 0 Å². The van der Waals surface area contributed by atoms with Gasteiger partial charge in [0, 0.05) is 29.8 Å². The van der Waals surface area contributed by atoms with E-state index in [9.17, 15) is 5.11 Å². The number of aliphatic hydroxyl groups is 1. The molecule has 0 saturated carbocycles. The Balaban J connectivity index is 2.90. The van der Waals surface area contributed by atoms with Crippen LogP contribution < -0.4 is 10.6 Å². The van der Waals surface area contributed by atoms with E-state index in [1.165, 1.54) is 0 Å². The van der Waals surface area contributed by atoms with Gasteiger partial charge < -0.3 is 15.7 Å². The van der Waals surface area contributed by atoms with Crippen molar-refractivity contribution >= 4 is 21.6 Å². The van der Waals surface area contributed by atoms with Gasteiger partial charge >= 0.3 is 0 Å². The summed E-state index contributed by atoms with van der Waals surface area (Å²) in [7, 11) is 1.96. The summed E-state index contributed by atoms with van der Waals surface area (Å²) in [4.78, 5) is 2.02. The van der Waals surface area contributed by atoms with Crippen LogP contribution in [0.3, 0.4) is 0 Å². The molecule has 1 atom stereocenters. The second-order valence-electron chi connectivity index (χ2n) is 5.16. The molecule has 0 unspecified atom stereocenters. The molecule has 0 spiro atoms. The topological polar surface area (TPSA) is 49.5 Å². The van der Waals surface area contributed by atoms with E-state index in [4.69, 9.17) is 5.73 Å². The summed E-state index contributed by atoms with van der Waals surface area (Å²) in [6, 6.07) is 6.09. The van der Waals surface area contributed by atoms with Crippen molar-refractivity contribution in [3.05, 3.63) is 28.2 Å². The summed E-state index contributed by atoms with van der Waals surface area (Å²) in [5.74, 6) is 0. The van der Waals surface area contributed by atoms with Crippen molar-refractivity contribution in [2.45, 2.75) is 32.4 Å². The lowest BCUT2D eigenvalue weighted by atomic mass is 10.1. The number of hydrogen-bond donors (Lipinski definition) is 2. The maximum Gasteiger partial charge on any atom is 0.0765 e. The van der Waals surface area contributed by atoms with Gasteiger partial charge in [-0.2, -0.15) is 0 Å². The minimum absolute atomic E-state index is 0.0120. The minimum Gasteiger partial charge on any atom is -0.389 e. The lowest BCUT2D eigenvalue weighted by Gasteiger charge is -2.27. The standard InChI is InChI=1S/C13H21BrN2O/c1-9(15)11-6-5-10(7-12(11)14)16(4)8-13(2,3)17/h5-7,9,17H,8,15H2,1-4H3/t9-/m1/s1. The Labute approximate surface area is 112 Å². The molecule has 0 aromatic heterocycles. The number of hydrogen-bond acceptors (Lipinski definition) is 3. The van der Waals surface area contributed by atoms with Crippen molar-refractivity contribution in [2.75, 3.05) is 18.5 Å². The van der Waals surface area contributed by atoms with Gasteiger partial charge in [-0.25, -0.2) is 0 Å². The summed E-state index contributed by atoms with van der Waals surface area (Å²) in [6.07, 6.45) is 0. The number of rotatable bonds is 4. The van der Waals surface area contributed by atoms with E-state index in [2.05, 4.69) is 15.9 Å². The first kappa shape index (κ1) is 14.5. The molecule has 0 fully saturated rings. The van der Waals surface area contributed by atoms with Crippen molar-refractivity contribution in [1.82, 2.24) is 0 Å². The van der Waals surface area contributed by atoms with Crippen LogP contribution in [0.15, 0.2) is 22.7 Å². The summed E-state index contributed by atoms with van der Waals surface area (Å²) < 4.78 is 1.01. The molecule has 0 aliphatic heterocycles. The van der Waals surface area contributed by atoms with Gasteiger partial charge in [0.1, 0.15) is 0 Å². The molecule has 0 heterocycles. The Morgan fingerprint density at radius 2 is 2.06 bits per heavy atom. The van der Waals surface area contributed by atoms with Crippen LogP contribution in [-0.4, -0.2) is 24.3 Å². The first-order valence-electron chi connectivity index (χ1n) is 5.69. The van der Waals surface area contributed by atoms with Crippen molar-refractivity contribution in [3.63, 3.8) is 0 Å². The van der Waals surface area contributed by atoms with E-state index in [0.29, 0.717) is 6.54 Å². The summed E-state index contributed by atoms with van der Waals surface area (Å²) in [5.41, 5.74) is 7.30. The molecular formula is C13H21BrN2O. The molecular weight excluding hydrogens is 280 g/mol. The molecule has 0 radical (unpaired) electrons. The Bertz CT molecular complexity index is 385. The summed E-state index contributed by atoms with van der Waals surface area (Å²) in [5, 5.41) is 9.79. The van der Waals surface area contributed by atoms with Crippen LogP contribution in [-0.2, 0) is 0 Å². The number of anilines is 1. The Morgan fingerprint density at radius 1 is 1.47 bits per heavy atom. The van der Waals surface area contributed by atoms with E-state index in [1.54, 1.807) is 13.8 Å². The summed E-state index contributed by atoms with van der Waals surface area (Å²) in [6.45, 7) is 6.14. The Hall–Kier alpha value is -0.580. The van der Waals surface area contributed by atoms with Crippen LogP contribution in [0.1, 0.15) is 32.4 Å². The van der Waals surface area contributed by atoms with E-state index >= 15 is 0 Å². The molecule has 0 bridgehead atoms. The molecule has 0 amide bonds. The minimum atomic E-state index is -0.707. The van der Waals surface area contributed by atoms with E-state index in [-0.39, 0.29) is 6.04 Å². The fourth-order valence-corrected chi connectivity index (χ4v) is 2.52.